The Hall–Kier alpha value is -1.63. The molecule has 0 unspecified atom stereocenters. The van der Waals surface area contributed by atoms with Gasteiger partial charge in [-0.25, -0.2) is 4.99 Å². The minimum atomic E-state index is -0.177. The minimum absolute atomic E-state index is 0.0815. The lowest BCUT2D eigenvalue weighted by Gasteiger charge is -2.24. The first-order chi connectivity index (χ1) is 6.17. The maximum Gasteiger partial charge on any atom is 0.220 e. The second-order valence-electron chi connectivity index (χ2n) is 2.56. The van der Waals surface area contributed by atoms with Gasteiger partial charge in [0.1, 0.15) is 5.84 Å². The molecule has 0 spiro atoms. The van der Waals surface area contributed by atoms with Gasteiger partial charge in [-0.1, -0.05) is 5.16 Å². The molecule has 1 heterocycles. The molecule has 0 aromatic carbocycles. The van der Waals surface area contributed by atoms with E-state index in [1.165, 1.54) is 11.8 Å². The zero-order chi connectivity index (χ0) is 9.84. The van der Waals surface area contributed by atoms with Crippen molar-refractivity contribution in [2.75, 3.05) is 13.1 Å². The molecule has 0 saturated carbocycles. The Balaban J connectivity index is 2.81. The largest absolute Gasteiger partial charge is 0.409 e. The molecule has 0 radical (unpaired) electrons. The number of carbonyl (C=O) groups excluding carboxylic acids is 1. The van der Waals surface area contributed by atoms with Gasteiger partial charge < -0.3 is 10.1 Å². The number of nitrogens with zero attached hydrogens (tertiary/aromatic N) is 3. The van der Waals surface area contributed by atoms with E-state index in [9.17, 15) is 4.79 Å². The molecular weight excluding hydrogens is 176 g/mol. The number of aliphatic imine (C=N–C) groups is 1. The maximum atomic E-state index is 10.9. The van der Waals surface area contributed by atoms with Gasteiger partial charge in [-0.15, -0.1) is 0 Å². The van der Waals surface area contributed by atoms with Crippen LogP contribution in [0.25, 0.3) is 0 Å². The van der Waals surface area contributed by atoms with Crippen molar-refractivity contribution >= 4 is 17.6 Å². The fourth-order valence-electron chi connectivity index (χ4n) is 0.971. The molecule has 1 amide bonds. The molecule has 1 aliphatic heterocycles. The summed E-state index contributed by atoms with van der Waals surface area (Å²) in [5.74, 6) is 0.0797. The highest BCUT2D eigenvalue weighted by molar-refractivity contribution is 6.03. The smallest absolute Gasteiger partial charge is 0.220 e. The molecule has 7 nitrogen and oxygen atoms in total. The van der Waals surface area contributed by atoms with Gasteiger partial charge in [0, 0.05) is 6.92 Å². The summed E-state index contributed by atoms with van der Waals surface area (Å²) in [6.45, 7) is 1.72. The fraction of sp³-hybridized carbons (Fsp3) is 0.500. The summed E-state index contributed by atoms with van der Waals surface area (Å²) in [5.41, 5.74) is 1.82. The van der Waals surface area contributed by atoms with Crippen LogP contribution in [0.2, 0.25) is 0 Å². The minimum Gasteiger partial charge on any atom is -0.409 e. The van der Waals surface area contributed by atoms with E-state index in [0.717, 1.165) is 0 Å². The number of oxime groups is 1. The summed E-state index contributed by atoms with van der Waals surface area (Å²) >= 11 is 0. The Labute approximate surface area is 74.3 Å². The molecule has 7 heteroatoms. The highest BCUT2D eigenvalue weighted by atomic mass is 16.5. The van der Waals surface area contributed by atoms with Gasteiger partial charge in [0.2, 0.25) is 5.91 Å². The van der Waals surface area contributed by atoms with Crippen molar-refractivity contribution in [2.45, 2.75) is 6.92 Å². The van der Waals surface area contributed by atoms with E-state index in [1.54, 1.807) is 0 Å². The summed E-state index contributed by atoms with van der Waals surface area (Å²) in [6, 6.07) is 0. The van der Waals surface area contributed by atoms with Crippen LogP contribution in [0, 0.1) is 0 Å². The highest BCUT2D eigenvalue weighted by Crippen LogP contribution is 1.99. The van der Waals surface area contributed by atoms with Crippen molar-refractivity contribution in [2.24, 2.45) is 10.1 Å². The molecule has 0 aromatic heterocycles. The Morgan fingerprint density at radius 3 is 2.85 bits per heavy atom. The van der Waals surface area contributed by atoms with E-state index < -0.39 is 0 Å². The van der Waals surface area contributed by atoms with Gasteiger partial charge in [0.05, 0.1) is 13.1 Å². The van der Waals surface area contributed by atoms with Crippen LogP contribution in [0.15, 0.2) is 10.1 Å². The van der Waals surface area contributed by atoms with Gasteiger partial charge in [0.15, 0.2) is 5.84 Å². The summed E-state index contributed by atoms with van der Waals surface area (Å²) in [5, 5.41) is 19.8. The quantitative estimate of drug-likeness (QED) is 0.334. The van der Waals surface area contributed by atoms with E-state index in [2.05, 4.69) is 10.1 Å². The lowest BCUT2D eigenvalue weighted by atomic mass is 10.3. The first-order valence-corrected chi connectivity index (χ1v) is 3.61. The zero-order valence-corrected chi connectivity index (χ0v) is 7.06. The molecule has 72 valence electrons. The Morgan fingerprint density at radius 1 is 1.69 bits per heavy atom. The van der Waals surface area contributed by atoms with Crippen LogP contribution in [-0.4, -0.2) is 46.0 Å². The summed E-state index contributed by atoms with van der Waals surface area (Å²) in [6.07, 6.45) is 0. The first-order valence-electron chi connectivity index (χ1n) is 3.61. The molecule has 0 aromatic rings. The summed E-state index contributed by atoms with van der Waals surface area (Å²) < 4.78 is 0. The Kier molecular flexibility index (Phi) is 2.80. The van der Waals surface area contributed by atoms with Crippen LogP contribution < -0.4 is 5.48 Å². The fourth-order valence-corrected chi connectivity index (χ4v) is 0.971. The second kappa shape index (κ2) is 3.85. The third-order valence-electron chi connectivity index (χ3n) is 1.63. The standard InChI is InChI=1S/C6H10N4O3/c1-4(11)10-2-5(8-12)7-6(3-10)9-13/h12-13H,2-3H2,1H3,(H,7,8,9). The number of hydroxylamine groups is 1. The molecule has 1 aliphatic rings. The van der Waals surface area contributed by atoms with Crippen LogP contribution >= 0.6 is 0 Å². The van der Waals surface area contributed by atoms with Crippen LogP contribution in [-0.2, 0) is 4.79 Å². The van der Waals surface area contributed by atoms with Crippen molar-refractivity contribution in [1.29, 1.82) is 0 Å². The number of amidine groups is 2. The summed E-state index contributed by atoms with van der Waals surface area (Å²) in [7, 11) is 0. The predicted molar refractivity (Wildman–Crippen MR) is 43.8 cm³/mol. The Bertz CT molecular complexity index is 273. The zero-order valence-electron chi connectivity index (χ0n) is 7.06. The molecule has 13 heavy (non-hydrogen) atoms. The molecule has 0 atom stereocenters. The van der Waals surface area contributed by atoms with Crippen molar-refractivity contribution in [3.8, 4) is 0 Å². The highest BCUT2D eigenvalue weighted by Gasteiger charge is 2.20. The van der Waals surface area contributed by atoms with Gasteiger partial charge >= 0.3 is 0 Å². The monoisotopic (exact) mass is 186 g/mol. The van der Waals surface area contributed by atoms with Crippen LogP contribution in [0.5, 0.6) is 0 Å². The molecule has 0 saturated heterocycles. The number of hydrogen-bond donors (Lipinski definition) is 3. The topological polar surface area (TPSA) is 97.5 Å². The molecular formula is C6H10N4O3. The molecule has 3 N–H and O–H groups in total. The van der Waals surface area contributed by atoms with Gasteiger partial charge in [-0.05, 0) is 0 Å². The van der Waals surface area contributed by atoms with E-state index >= 15 is 0 Å². The summed E-state index contributed by atoms with van der Waals surface area (Å²) in [4.78, 5) is 16.0. The third kappa shape index (κ3) is 2.15. The van der Waals surface area contributed by atoms with Crippen LogP contribution in [0.1, 0.15) is 6.92 Å². The average Bonchev–Trinajstić information content (AvgIpc) is 2.16. The van der Waals surface area contributed by atoms with Gasteiger partial charge in [-0.2, -0.15) is 0 Å². The van der Waals surface area contributed by atoms with Crippen molar-refractivity contribution in [1.82, 2.24) is 10.4 Å². The van der Waals surface area contributed by atoms with Crippen molar-refractivity contribution in [3.05, 3.63) is 0 Å². The molecule has 0 aliphatic carbocycles. The van der Waals surface area contributed by atoms with Crippen LogP contribution in [0.4, 0.5) is 0 Å². The normalized spacial score (nSPS) is 20.0. The van der Waals surface area contributed by atoms with E-state index in [1.807, 2.05) is 5.48 Å². The lowest BCUT2D eigenvalue weighted by molar-refractivity contribution is -0.127. The van der Waals surface area contributed by atoms with Crippen molar-refractivity contribution in [3.63, 3.8) is 0 Å². The molecule has 0 bridgehead atoms. The molecule has 0 fully saturated rings. The van der Waals surface area contributed by atoms with Crippen molar-refractivity contribution < 1.29 is 15.2 Å². The van der Waals surface area contributed by atoms with Crippen LogP contribution in [0.3, 0.4) is 0 Å². The number of rotatable bonds is 0. The maximum absolute atomic E-state index is 10.9. The Morgan fingerprint density at radius 2 is 2.38 bits per heavy atom. The third-order valence-corrected chi connectivity index (χ3v) is 1.63. The average molecular weight is 186 g/mol. The lowest BCUT2D eigenvalue weighted by Crippen LogP contribution is -2.45. The first kappa shape index (κ1) is 9.46. The SMILES string of the molecule is CC(=O)N1CC(NO)=N/C(=N\O)C1. The number of hydrogen-bond acceptors (Lipinski definition) is 5. The van der Waals surface area contributed by atoms with E-state index in [-0.39, 0.29) is 30.7 Å². The van der Waals surface area contributed by atoms with E-state index in [0.29, 0.717) is 0 Å². The second-order valence-corrected chi connectivity index (χ2v) is 2.56. The predicted octanol–water partition coefficient (Wildman–Crippen LogP) is -0.986. The number of amides is 1. The van der Waals surface area contributed by atoms with Gasteiger partial charge in [0.25, 0.3) is 0 Å². The molecule has 1 rings (SSSR count). The van der Waals surface area contributed by atoms with E-state index in [4.69, 9.17) is 10.4 Å². The number of nitrogens with one attached hydrogen (secondary N) is 1. The number of carbonyl (C=O) groups is 1. The van der Waals surface area contributed by atoms with Gasteiger partial charge in [-0.3, -0.25) is 15.5 Å².